The van der Waals surface area contributed by atoms with E-state index in [0.29, 0.717) is 0 Å². The molecule has 0 saturated carbocycles. The summed E-state index contributed by atoms with van der Waals surface area (Å²) in [5.74, 6) is -0.636. The van der Waals surface area contributed by atoms with Gasteiger partial charge in [-0.3, -0.25) is 9.69 Å². The van der Waals surface area contributed by atoms with Crippen LogP contribution in [-0.4, -0.2) is 34.6 Å². The average Bonchev–Trinajstić information content (AvgIpc) is 2.28. The predicted octanol–water partition coefficient (Wildman–Crippen LogP) is 3.53. The van der Waals surface area contributed by atoms with E-state index in [-0.39, 0.29) is 0 Å². The zero-order chi connectivity index (χ0) is 13.3. The highest BCUT2D eigenvalue weighted by molar-refractivity contribution is 5.78. The van der Waals surface area contributed by atoms with Gasteiger partial charge in [-0.05, 0) is 38.8 Å². The summed E-state index contributed by atoms with van der Waals surface area (Å²) in [6.07, 6.45) is 5.41. The largest absolute Gasteiger partial charge is 0.480 e. The Morgan fingerprint density at radius 3 is 1.59 bits per heavy atom. The van der Waals surface area contributed by atoms with Crippen molar-refractivity contribution < 1.29 is 9.90 Å². The van der Waals surface area contributed by atoms with Gasteiger partial charge in [-0.25, -0.2) is 0 Å². The van der Waals surface area contributed by atoms with Crippen LogP contribution in [0.4, 0.5) is 0 Å². The van der Waals surface area contributed by atoms with Crippen molar-refractivity contribution in [1.82, 2.24) is 4.90 Å². The SMILES string of the molecule is CCCN(CCC)C(CCC)(CCC)C(=O)O. The second-order valence-corrected chi connectivity index (χ2v) is 4.82. The van der Waals surface area contributed by atoms with E-state index in [9.17, 15) is 9.90 Å². The Morgan fingerprint density at radius 1 is 0.941 bits per heavy atom. The monoisotopic (exact) mass is 243 g/mol. The molecule has 1 N–H and O–H groups in total. The standard InChI is InChI=1S/C14H29NO2/c1-5-9-14(10-6-2,13(16)17)15(11-7-3)12-8-4/h5-12H2,1-4H3,(H,16,17). The minimum atomic E-state index is -0.636. The van der Waals surface area contributed by atoms with Crippen LogP contribution in [0.1, 0.15) is 66.2 Å². The molecule has 0 bridgehead atoms. The molecule has 0 unspecified atom stereocenters. The van der Waals surface area contributed by atoms with Gasteiger partial charge in [0.1, 0.15) is 5.54 Å². The summed E-state index contributed by atoms with van der Waals surface area (Å²) in [4.78, 5) is 13.9. The molecule has 0 aromatic rings. The van der Waals surface area contributed by atoms with Gasteiger partial charge < -0.3 is 5.11 Å². The van der Waals surface area contributed by atoms with E-state index in [2.05, 4.69) is 32.6 Å². The first kappa shape index (κ1) is 16.4. The van der Waals surface area contributed by atoms with Crippen molar-refractivity contribution in [3.8, 4) is 0 Å². The maximum absolute atomic E-state index is 11.8. The lowest BCUT2D eigenvalue weighted by molar-refractivity contribution is -0.153. The first-order chi connectivity index (χ1) is 8.08. The van der Waals surface area contributed by atoms with Crippen molar-refractivity contribution >= 4 is 5.97 Å². The Labute approximate surface area is 106 Å². The first-order valence-electron chi connectivity index (χ1n) is 7.07. The zero-order valence-corrected chi connectivity index (χ0v) is 12.0. The van der Waals surface area contributed by atoms with Crippen LogP contribution in [0.5, 0.6) is 0 Å². The number of carboxylic acids is 1. The predicted molar refractivity (Wildman–Crippen MR) is 72.3 cm³/mol. The van der Waals surface area contributed by atoms with Gasteiger partial charge in [0, 0.05) is 0 Å². The zero-order valence-electron chi connectivity index (χ0n) is 12.0. The van der Waals surface area contributed by atoms with Gasteiger partial charge in [0.15, 0.2) is 0 Å². The third-order valence-electron chi connectivity index (χ3n) is 3.32. The average molecular weight is 243 g/mol. The number of hydrogen-bond acceptors (Lipinski definition) is 2. The van der Waals surface area contributed by atoms with Gasteiger partial charge in [-0.15, -0.1) is 0 Å². The minimum absolute atomic E-state index is 0.629. The van der Waals surface area contributed by atoms with Crippen LogP contribution in [0.3, 0.4) is 0 Å². The van der Waals surface area contributed by atoms with E-state index < -0.39 is 11.5 Å². The second kappa shape index (κ2) is 8.51. The Bertz CT molecular complexity index is 204. The third kappa shape index (κ3) is 4.30. The number of carboxylic acid groups (broad SMARTS) is 1. The molecular formula is C14H29NO2. The fraction of sp³-hybridized carbons (Fsp3) is 0.929. The molecule has 0 aliphatic carbocycles. The number of nitrogens with zero attached hydrogens (tertiary/aromatic N) is 1. The molecule has 0 spiro atoms. The van der Waals surface area contributed by atoms with Crippen LogP contribution in [0.25, 0.3) is 0 Å². The number of carbonyl (C=O) groups is 1. The quantitative estimate of drug-likeness (QED) is 0.638. The van der Waals surface area contributed by atoms with Gasteiger partial charge in [-0.1, -0.05) is 40.5 Å². The number of aliphatic carboxylic acids is 1. The van der Waals surface area contributed by atoms with Crippen molar-refractivity contribution in [3.05, 3.63) is 0 Å². The molecule has 102 valence electrons. The Balaban J connectivity index is 5.09. The lowest BCUT2D eigenvalue weighted by atomic mass is 9.86. The van der Waals surface area contributed by atoms with Crippen molar-refractivity contribution in [1.29, 1.82) is 0 Å². The van der Waals surface area contributed by atoms with Crippen LogP contribution in [-0.2, 0) is 4.79 Å². The third-order valence-corrected chi connectivity index (χ3v) is 3.32. The van der Waals surface area contributed by atoms with Gasteiger partial charge in [0.25, 0.3) is 0 Å². The van der Waals surface area contributed by atoms with Crippen molar-refractivity contribution in [2.45, 2.75) is 71.8 Å². The van der Waals surface area contributed by atoms with E-state index in [1.54, 1.807) is 0 Å². The van der Waals surface area contributed by atoms with Gasteiger partial charge in [-0.2, -0.15) is 0 Å². The fourth-order valence-corrected chi connectivity index (χ4v) is 2.70. The summed E-state index contributed by atoms with van der Waals surface area (Å²) in [7, 11) is 0. The van der Waals surface area contributed by atoms with Crippen LogP contribution >= 0.6 is 0 Å². The molecule has 0 atom stereocenters. The topological polar surface area (TPSA) is 40.5 Å². The highest BCUT2D eigenvalue weighted by Gasteiger charge is 2.41. The molecule has 3 nitrogen and oxygen atoms in total. The van der Waals surface area contributed by atoms with Crippen LogP contribution in [0.15, 0.2) is 0 Å². The van der Waals surface area contributed by atoms with E-state index in [1.807, 2.05) is 0 Å². The summed E-state index contributed by atoms with van der Waals surface area (Å²) in [6.45, 7) is 10.2. The Morgan fingerprint density at radius 2 is 1.35 bits per heavy atom. The second-order valence-electron chi connectivity index (χ2n) is 4.82. The fourth-order valence-electron chi connectivity index (χ4n) is 2.70. The molecule has 0 fully saturated rings. The van der Waals surface area contributed by atoms with Gasteiger partial charge >= 0.3 is 5.97 Å². The maximum Gasteiger partial charge on any atom is 0.324 e. The van der Waals surface area contributed by atoms with Crippen molar-refractivity contribution in [2.75, 3.05) is 13.1 Å². The van der Waals surface area contributed by atoms with E-state index in [4.69, 9.17) is 0 Å². The van der Waals surface area contributed by atoms with Gasteiger partial charge in [0.05, 0.1) is 0 Å². The van der Waals surface area contributed by atoms with Crippen molar-refractivity contribution in [2.24, 2.45) is 0 Å². The van der Waals surface area contributed by atoms with E-state index in [1.165, 1.54) is 0 Å². The molecule has 0 heterocycles. The maximum atomic E-state index is 11.8. The van der Waals surface area contributed by atoms with Crippen molar-refractivity contribution in [3.63, 3.8) is 0 Å². The highest BCUT2D eigenvalue weighted by atomic mass is 16.4. The van der Waals surface area contributed by atoms with E-state index >= 15 is 0 Å². The molecule has 0 radical (unpaired) electrons. The first-order valence-corrected chi connectivity index (χ1v) is 7.07. The number of hydrogen-bond donors (Lipinski definition) is 1. The molecule has 0 aliphatic rings. The summed E-state index contributed by atoms with van der Waals surface area (Å²) in [6, 6.07) is 0. The molecule has 0 saturated heterocycles. The minimum Gasteiger partial charge on any atom is -0.480 e. The van der Waals surface area contributed by atoms with E-state index in [0.717, 1.165) is 51.6 Å². The van der Waals surface area contributed by atoms with Crippen LogP contribution in [0.2, 0.25) is 0 Å². The lowest BCUT2D eigenvalue weighted by Crippen LogP contribution is -2.55. The molecule has 0 amide bonds. The molecule has 3 heteroatoms. The molecule has 0 aromatic heterocycles. The Kier molecular flexibility index (Phi) is 8.23. The normalized spacial score (nSPS) is 12.1. The summed E-state index contributed by atoms with van der Waals surface area (Å²) >= 11 is 0. The van der Waals surface area contributed by atoms with Crippen LogP contribution in [0, 0.1) is 0 Å². The van der Waals surface area contributed by atoms with Gasteiger partial charge in [0.2, 0.25) is 0 Å². The molecule has 0 aliphatic heterocycles. The smallest absolute Gasteiger partial charge is 0.324 e. The summed E-state index contributed by atoms with van der Waals surface area (Å²) < 4.78 is 0. The summed E-state index contributed by atoms with van der Waals surface area (Å²) in [5.41, 5.74) is -0.629. The van der Waals surface area contributed by atoms with Crippen LogP contribution < -0.4 is 0 Å². The number of rotatable bonds is 10. The summed E-state index contributed by atoms with van der Waals surface area (Å²) in [5, 5.41) is 9.67. The molecular weight excluding hydrogens is 214 g/mol. The molecule has 0 rings (SSSR count). The highest BCUT2D eigenvalue weighted by Crippen LogP contribution is 2.28. The molecule has 0 aromatic carbocycles. The Hall–Kier alpha value is -0.570. The lowest BCUT2D eigenvalue weighted by Gasteiger charge is -2.40. The molecule has 17 heavy (non-hydrogen) atoms.